The van der Waals surface area contributed by atoms with Crippen LogP contribution >= 0.6 is 0 Å². The minimum atomic E-state index is -0.684. The number of carbonyl (C=O) groups excluding carboxylic acids is 2. The number of nitrogens with zero attached hydrogens (tertiary/aromatic N) is 1. The Bertz CT molecular complexity index is 632. The summed E-state index contributed by atoms with van der Waals surface area (Å²) in [6.07, 6.45) is 0.926. The summed E-state index contributed by atoms with van der Waals surface area (Å²) in [7, 11) is 0. The molecule has 1 heterocycles. The molecule has 0 aliphatic carbocycles. The highest BCUT2D eigenvalue weighted by molar-refractivity contribution is 5.95. The molecule has 5 heteroatoms. The summed E-state index contributed by atoms with van der Waals surface area (Å²) in [5.41, 5.74) is 2.13. The Morgan fingerprint density at radius 2 is 1.84 bits per heavy atom. The van der Waals surface area contributed by atoms with Gasteiger partial charge in [0.1, 0.15) is 0 Å². The van der Waals surface area contributed by atoms with E-state index in [1.54, 1.807) is 25.7 Å². The average Bonchev–Trinajstić information content (AvgIpc) is 2.52. The zero-order chi connectivity index (χ0) is 18.8. The summed E-state index contributed by atoms with van der Waals surface area (Å²) in [6.45, 7) is 10.3. The van der Waals surface area contributed by atoms with Gasteiger partial charge in [0.2, 0.25) is 5.91 Å². The predicted octanol–water partition coefficient (Wildman–Crippen LogP) is 2.43. The number of likely N-dealkylation sites (tertiary alicyclic amines) is 1. The van der Waals surface area contributed by atoms with Crippen LogP contribution in [0.2, 0.25) is 0 Å². The molecule has 1 fully saturated rings. The standard InChI is InChI=1S/C20H30N2O3/c1-13-9-14(2)11-17(10-13)19(25)22-8-6-7-16(12-22)18(24)21-20(4,5)15(3)23/h9-11,15-16,23H,6-8,12H2,1-5H3,(H,21,24). The first-order chi connectivity index (χ1) is 11.6. The van der Waals surface area contributed by atoms with E-state index in [0.717, 1.165) is 24.0 Å². The summed E-state index contributed by atoms with van der Waals surface area (Å²) in [6, 6.07) is 5.84. The fourth-order valence-corrected chi connectivity index (χ4v) is 3.18. The van der Waals surface area contributed by atoms with Gasteiger partial charge in [0.15, 0.2) is 0 Å². The molecule has 0 radical (unpaired) electrons. The zero-order valence-electron chi connectivity index (χ0n) is 15.9. The molecular formula is C20H30N2O3. The Morgan fingerprint density at radius 1 is 1.24 bits per heavy atom. The zero-order valence-corrected chi connectivity index (χ0v) is 15.9. The molecular weight excluding hydrogens is 316 g/mol. The molecule has 0 aromatic heterocycles. The highest BCUT2D eigenvalue weighted by atomic mass is 16.3. The van der Waals surface area contributed by atoms with Gasteiger partial charge in [-0.2, -0.15) is 0 Å². The van der Waals surface area contributed by atoms with Gasteiger partial charge in [0.05, 0.1) is 17.6 Å². The van der Waals surface area contributed by atoms with Crippen LogP contribution in [0.25, 0.3) is 0 Å². The van der Waals surface area contributed by atoms with Crippen LogP contribution in [-0.2, 0) is 4.79 Å². The van der Waals surface area contributed by atoms with Crippen LogP contribution < -0.4 is 5.32 Å². The van der Waals surface area contributed by atoms with Crippen LogP contribution in [0, 0.1) is 19.8 Å². The second-order valence-corrected chi connectivity index (χ2v) is 7.85. The monoisotopic (exact) mass is 346 g/mol. The molecule has 138 valence electrons. The van der Waals surface area contributed by atoms with Gasteiger partial charge in [0, 0.05) is 18.7 Å². The third-order valence-corrected chi connectivity index (χ3v) is 5.04. The van der Waals surface area contributed by atoms with Crippen molar-refractivity contribution in [3.05, 3.63) is 34.9 Å². The molecule has 5 nitrogen and oxygen atoms in total. The normalized spacial score (nSPS) is 19.4. The van der Waals surface area contributed by atoms with Crippen molar-refractivity contribution in [2.45, 2.75) is 59.1 Å². The van der Waals surface area contributed by atoms with Crippen LogP contribution in [-0.4, -0.2) is 46.6 Å². The molecule has 0 spiro atoms. The lowest BCUT2D eigenvalue weighted by molar-refractivity contribution is -0.129. The maximum atomic E-state index is 12.8. The van der Waals surface area contributed by atoms with E-state index in [4.69, 9.17) is 0 Å². The third-order valence-electron chi connectivity index (χ3n) is 5.04. The number of aliphatic hydroxyl groups is 1. The summed E-state index contributed by atoms with van der Waals surface area (Å²) in [5, 5.41) is 12.7. The van der Waals surface area contributed by atoms with E-state index >= 15 is 0 Å². The minimum Gasteiger partial charge on any atom is -0.391 e. The lowest BCUT2D eigenvalue weighted by Gasteiger charge is -2.35. The van der Waals surface area contributed by atoms with E-state index in [0.29, 0.717) is 18.7 Å². The number of rotatable bonds is 4. The highest BCUT2D eigenvalue weighted by Crippen LogP contribution is 2.21. The van der Waals surface area contributed by atoms with Crippen molar-refractivity contribution in [2.75, 3.05) is 13.1 Å². The molecule has 25 heavy (non-hydrogen) atoms. The fraction of sp³-hybridized carbons (Fsp3) is 0.600. The van der Waals surface area contributed by atoms with Gasteiger partial charge in [-0.1, -0.05) is 17.2 Å². The maximum Gasteiger partial charge on any atom is 0.253 e. The first-order valence-electron chi connectivity index (χ1n) is 8.98. The van der Waals surface area contributed by atoms with E-state index in [9.17, 15) is 14.7 Å². The minimum absolute atomic E-state index is 0.0147. The van der Waals surface area contributed by atoms with E-state index < -0.39 is 11.6 Å². The van der Waals surface area contributed by atoms with Crippen molar-refractivity contribution in [2.24, 2.45) is 5.92 Å². The molecule has 0 bridgehead atoms. The van der Waals surface area contributed by atoms with E-state index in [-0.39, 0.29) is 17.7 Å². The molecule has 0 saturated carbocycles. The molecule has 1 saturated heterocycles. The molecule has 1 aromatic carbocycles. The van der Waals surface area contributed by atoms with Crippen molar-refractivity contribution < 1.29 is 14.7 Å². The molecule has 1 aliphatic heterocycles. The lowest BCUT2D eigenvalue weighted by atomic mass is 9.93. The van der Waals surface area contributed by atoms with Gasteiger partial charge in [-0.25, -0.2) is 0 Å². The number of nitrogens with one attached hydrogen (secondary N) is 1. The second kappa shape index (κ2) is 7.56. The van der Waals surface area contributed by atoms with Crippen LogP contribution in [0.15, 0.2) is 18.2 Å². The first-order valence-corrected chi connectivity index (χ1v) is 8.98. The summed E-state index contributed by atoms with van der Waals surface area (Å²) in [5.74, 6) is -0.343. The van der Waals surface area contributed by atoms with Gasteiger partial charge >= 0.3 is 0 Å². The predicted molar refractivity (Wildman–Crippen MR) is 98.4 cm³/mol. The largest absolute Gasteiger partial charge is 0.391 e. The average molecular weight is 346 g/mol. The smallest absolute Gasteiger partial charge is 0.253 e. The highest BCUT2D eigenvalue weighted by Gasteiger charge is 2.33. The second-order valence-electron chi connectivity index (χ2n) is 7.85. The van der Waals surface area contributed by atoms with Crippen molar-refractivity contribution in [1.82, 2.24) is 10.2 Å². The van der Waals surface area contributed by atoms with Gasteiger partial charge in [-0.05, 0) is 59.6 Å². The van der Waals surface area contributed by atoms with Gasteiger partial charge in [-0.3, -0.25) is 9.59 Å². The van der Waals surface area contributed by atoms with Crippen LogP contribution in [0.1, 0.15) is 55.1 Å². The first kappa shape index (κ1) is 19.4. The number of amides is 2. The van der Waals surface area contributed by atoms with E-state index in [2.05, 4.69) is 5.32 Å². The molecule has 2 amide bonds. The topological polar surface area (TPSA) is 69.6 Å². The Kier molecular flexibility index (Phi) is 5.88. The van der Waals surface area contributed by atoms with Crippen molar-refractivity contribution in [1.29, 1.82) is 0 Å². The lowest BCUT2D eigenvalue weighted by Crippen LogP contribution is -2.55. The van der Waals surface area contributed by atoms with E-state index in [1.807, 2.05) is 32.0 Å². The maximum absolute atomic E-state index is 12.8. The van der Waals surface area contributed by atoms with Gasteiger partial charge in [0.25, 0.3) is 5.91 Å². The van der Waals surface area contributed by atoms with E-state index in [1.165, 1.54) is 0 Å². The summed E-state index contributed by atoms with van der Waals surface area (Å²) < 4.78 is 0. The Labute approximate surface area is 150 Å². The van der Waals surface area contributed by atoms with Crippen LogP contribution in [0.5, 0.6) is 0 Å². The number of benzene rings is 1. The Balaban J connectivity index is 2.07. The number of hydrogen-bond acceptors (Lipinski definition) is 3. The number of piperidine rings is 1. The number of hydrogen-bond donors (Lipinski definition) is 2. The van der Waals surface area contributed by atoms with Gasteiger partial charge < -0.3 is 15.3 Å². The molecule has 1 aliphatic rings. The molecule has 2 atom stereocenters. The Morgan fingerprint density at radius 3 is 2.40 bits per heavy atom. The molecule has 1 aromatic rings. The SMILES string of the molecule is Cc1cc(C)cc(C(=O)N2CCCC(C(=O)NC(C)(C)C(C)O)C2)c1. The number of aryl methyl sites for hydroxylation is 2. The van der Waals surface area contributed by atoms with Crippen molar-refractivity contribution in [3.8, 4) is 0 Å². The fourth-order valence-electron chi connectivity index (χ4n) is 3.18. The van der Waals surface area contributed by atoms with Crippen molar-refractivity contribution >= 4 is 11.8 Å². The van der Waals surface area contributed by atoms with Crippen LogP contribution in [0.3, 0.4) is 0 Å². The summed E-state index contributed by atoms with van der Waals surface area (Å²) in [4.78, 5) is 27.2. The molecule has 2 N–H and O–H groups in total. The van der Waals surface area contributed by atoms with Crippen LogP contribution in [0.4, 0.5) is 0 Å². The number of carbonyl (C=O) groups is 2. The quantitative estimate of drug-likeness (QED) is 0.880. The van der Waals surface area contributed by atoms with Crippen molar-refractivity contribution in [3.63, 3.8) is 0 Å². The summed E-state index contributed by atoms with van der Waals surface area (Å²) >= 11 is 0. The third kappa shape index (κ3) is 4.82. The number of aliphatic hydroxyl groups excluding tert-OH is 1. The Hall–Kier alpha value is -1.88. The molecule has 2 rings (SSSR count). The van der Waals surface area contributed by atoms with Gasteiger partial charge in [-0.15, -0.1) is 0 Å². The molecule has 2 unspecified atom stereocenters.